The lowest BCUT2D eigenvalue weighted by Gasteiger charge is -2.35. The molecule has 8 aromatic carbocycles. The summed E-state index contributed by atoms with van der Waals surface area (Å²) in [6.07, 6.45) is 28.5. The van der Waals surface area contributed by atoms with Gasteiger partial charge in [-0.25, -0.2) is 0 Å². The molecular formula is C69H57N3. The summed E-state index contributed by atoms with van der Waals surface area (Å²) in [4.78, 5) is 3.70. The second-order valence-electron chi connectivity index (χ2n) is 18.0. The van der Waals surface area contributed by atoms with E-state index in [0.29, 0.717) is 0 Å². The molecule has 3 N–H and O–H groups in total. The summed E-state index contributed by atoms with van der Waals surface area (Å²) in [5.41, 5.74) is 21.3. The highest BCUT2D eigenvalue weighted by Gasteiger charge is 2.46. The number of rotatable bonds is 12. The zero-order chi connectivity index (χ0) is 49.3. The average Bonchev–Trinajstić information content (AvgIpc) is 3.97. The largest absolute Gasteiger partial charge is 0.393 e. The second kappa shape index (κ2) is 21.3. The maximum absolute atomic E-state index is 5.51. The van der Waals surface area contributed by atoms with Crippen LogP contribution in [0.2, 0.25) is 0 Å². The number of aromatic amines is 1. The molecule has 2 aliphatic carbocycles. The van der Waals surface area contributed by atoms with E-state index >= 15 is 0 Å². The van der Waals surface area contributed by atoms with Gasteiger partial charge in [-0.05, 0) is 147 Å². The van der Waals surface area contributed by atoms with E-state index in [-0.39, 0.29) is 5.41 Å². The van der Waals surface area contributed by atoms with E-state index in [1.807, 2.05) is 38.4 Å². The van der Waals surface area contributed by atoms with Crippen molar-refractivity contribution in [2.24, 2.45) is 0 Å². The Hall–Kier alpha value is -9.10. The monoisotopic (exact) mass is 927 g/mol. The Balaban J connectivity index is 0.000000168. The van der Waals surface area contributed by atoms with Crippen molar-refractivity contribution < 1.29 is 0 Å². The van der Waals surface area contributed by atoms with Gasteiger partial charge in [-0.3, -0.25) is 0 Å². The van der Waals surface area contributed by atoms with Crippen LogP contribution in [-0.4, -0.2) is 12.0 Å². The summed E-state index contributed by atoms with van der Waals surface area (Å²) in [5.74, 6) is 2.60. The van der Waals surface area contributed by atoms with Gasteiger partial charge in [0, 0.05) is 46.5 Å². The first kappa shape index (κ1) is 46.6. The number of H-pyrrole nitrogens is 1. The Morgan fingerprint density at radius 2 is 1.36 bits per heavy atom. The number of allylic oxidation sites excluding steroid dienone is 12. The number of fused-ring (bicyclic) bond motifs is 6. The van der Waals surface area contributed by atoms with Crippen molar-refractivity contribution in [3.63, 3.8) is 0 Å². The van der Waals surface area contributed by atoms with Gasteiger partial charge < -0.3 is 15.6 Å². The van der Waals surface area contributed by atoms with E-state index < -0.39 is 0 Å². The molecule has 348 valence electrons. The third kappa shape index (κ3) is 8.99. The van der Waals surface area contributed by atoms with Crippen LogP contribution >= 0.6 is 0 Å². The lowest BCUT2D eigenvalue weighted by Crippen LogP contribution is -2.29. The normalized spacial score (nSPS) is 15.2. The molecular weight excluding hydrogens is 871 g/mol. The zero-order valence-electron chi connectivity index (χ0n) is 40.9. The minimum atomic E-state index is -0.342. The van der Waals surface area contributed by atoms with E-state index in [0.717, 1.165) is 52.0 Å². The Kier molecular flexibility index (Phi) is 13.8. The van der Waals surface area contributed by atoms with Crippen molar-refractivity contribution >= 4 is 44.3 Å². The highest BCUT2D eigenvalue weighted by molar-refractivity contribution is 6.17. The van der Waals surface area contributed by atoms with Crippen LogP contribution in [-0.2, 0) is 5.41 Å². The van der Waals surface area contributed by atoms with Crippen LogP contribution in [0, 0.1) is 12.3 Å². The predicted molar refractivity (Wildman–Crippen MR) is 309 cm³/mol. The Bertz CT molecular complexity index is 3650. The highest BCUT2D eigenvalue weighted by Crippen LogP contribution is 2.57. The quantitative estimate of drug-likeness (QED) is 0.0844. The minimum absolute atomic E-state index is 0.342. The van der Waals surface area contributed by atoms with Gasteiger partial charge in [0.05, 0.1) is 10.9 Å². The SMILES string of the molecule is C#C/C=C\C(=C/C=C)c1cccc2[nH]c3c(-c4ccccc4)cc(-c4ccccc4)cc3c12.C/C=C\C(=C/NC)c1ccc(Nc2ccc3c(c2)C(C2=CCCC=C2)(c2ccccc2)c2ccccc2-3)cc1. The van der Waals surface area contributed by atoms with Gasteiger partial charge in [0.15, 0.2) is 0 Å². The number of nitrogens with one attached hydrogen (secondary N) is 3. The molecule has 1 unspecified atom stereocenters. The molecule has 0 spiro atoms. The first-order valence-electron chi connectivity index (χ1n) is 24.8. The van der Waals surface area contributed by atoms with E-state index in [2.05, 4.69) is 240 Å². The third-order valence-electron chi connectivity index (χ3n) is 13.7. The van der Waals surface area contributed by atoms with E-state index in [1.54, 1.807) is 12.2 Å². The molecule has 1 atom stereocenters. The van der Waals surface area contributed by atoms with Crippen LogP contribution in [0.3, 0.4) is 0 Å². The van der Waals surface area contributed by atoms with E-state index in [4.69, 9.17) is 6.42 Å². The Labute approximate surface area is 424 Å². The summed E-state index contributed by atoms with van der Waals surface area (Å²) in [6.45, 7) is 5.94. The van der Waals surface area contributed by atoms with Gasteiger partial charge in [-0.1, -0.05) is 201 Å². The smallest absolute Gasteiger partial charge is 0.0711 e. The van der Waals surface area contributed by atoms with Crippen LogP contribution in [0.4, 0.5) is 11.4 Å². The topological polar surface area (TPSA) is 39.9 Å². The molecule has 1 aromatic heterocycles. The number of aromatic nitrogens is 1. The Morgan fingerprint density at radius 3 is 2.07 bits per heavy atom. The molecule has 0 fully saturated rings. The number of benzene rings is 8. The molecule has 0 radical (unpaired) electrons. The molecule has 2 aliphatic rings. The fourth-order valence-corrected chi connectivity index (χ4v) is 10.6. The van der Waals surface area contributed by atoms with Gasteiger partial charge in [0.1, 0.15) is 0 Å². The Morgan fingerprint density at radius 1 is 0.653 bits per heavy atom. The molecule has 0 bridgehead atoms. The maximum atomic E-state index is 5.51. The molecule has 11 rings (SSSR count). The van der Waals surface area contributed by atoms with Crippen molar-refractivity contribution in [2.45, 2.75) is 25.2 Å². The van der Waals surface area contributed by atoms with Crippen molar-refractivity contribution in [1.82, 2.24) is 10.3 Å². The highest BCUT2D eigenvalue weighted by atomic mass is 14.9. The van der Waals surface area contributed by atoms with Crippen LogP contribution in [0.1, 0.15) is 47.6 Å². The lowest BCUT2D eigenvalue weighted by molar-refractivity contribution is 0.752. The molecule has 3 heteroatoms. The zero-order valence-corrected chi connectivity index (χ0v) is 40.9. The van der Waals surface area contributed by atoms with Crippen molar-refractivity contribution in [2.75, 3.05) is 12.4 Å². The number of hydrogen-bond acceptors (Lipinski definition) is 2. The van der Waals surface area contributed by atoms with Crippen LogP contribution in [0.5, 0.6) is 0 Å². The van der Waals surface area contributed by atoms with Gasteiger partial charge in [0.2, 0.25) is 0 Å². The summed E-state index contributed by atoms with van der Waals surface area (Å²) < 4.78 is 0. The predicted octanol–water partition coefficient (Wildman–Crippen LogP) is 17.6. The molecule has 0 saturated carbocycles. The maximum Gasteiger partial charge on any atom is 0.0711 e. The fourth-order valence-electron chi connectivity index (χ4n) is 10.6. The molecule has 0 amide bonds. The summed E-state index contributed by atoms with van der Waals surface area (Å²) >= 11 is 0. The first-order chi connectivity index (χ1) is 35.5. The van der Waals surface area contributed by atoms with Gasteiger partial charge >= 0.3 is 0 Å². The summed E-state index contributed by atoms with van der Waals surface area (Å²) in [6, 6.07) is 67.4. The molecule has 1 heterocycles. The molecule has 9 aromatic rings. The van der Waals surface area contributed by atoms with Gasteiger partial charge in [0.25, 0.3) is 0 Å². The first-order valence-corrected chi connectivity index (χ1v) is 24.8. The van der Waals surface area contributed by atoms with Gasteiger partial charge in [-0.2, -0.15) is 0 Å². The van der Waals surface area contributed by atoms with E-state index in [9.17, 15) is 0 Å². The minimum Gasteiger partial charge on any atom is -0.393 e. The second-order valence-corrected chi connectivity index (χ2v) is 18.0. The standard InChI is InChI=1S/C37H34N2.C32H23N/c1-3-12-28(26-38-2)27-19-21-31(22-20-27)39-32-23-24-34-33-17-10-11-18-35(33)37(36(34)25-32,29-13-6-4-7-14-29)30-15-8-5-9-16-30;1-3-5-14-24(13-4-2)27-19-12-20-30-31(27)29-22-26(23-15-8-6-9-16-23)21-28(32(29)33-30)25-17-10-7-11-18-25/h3-4,6-8,10-26,38-39H,5,9H2,1-2H3;1,4-22,33H,2H2/b12-3-,28-26+;14-5-,24-13+. The molecule has 0 saturated heterocycles. The lowest BCUT2D eigenvalue weighted by atomic mass is 9.66. The van der Waals surface area contributed by atoms with E-state index in [1.165, 1.54) is 72.0 Å². The number of anilines is 2. The molecule has 3 nitrogen and oxygen atoms in total. The van der Waals surface area contributed by atoms with Crippen molar-refractivity contribution in [1.29, 1.82) is 0 Å². The van der Waals surface area contributed by atoms with Crippen molar-refractivity contribution in [3.05, 3.63) is 289 Å². The molecule has 0 aliphatic heterocycles. The van der Waals surface area contributed by atoms with Gasteiger partial charge in [-0.15, -0.1) is 6.42 Å². The van der Waals surface area contributed by atoms with Crippen molar-refractivity contribution in [3.8, 4) is 45.7 Å². The fraction of sp³-hybridized carbons (Fsp3) is 0.0725. The summed E-state index contributed by atoms with van der Waals surface area (Å²) in [5, 5.41) is 9.20. The summed E-state index contributed by atoms with van der Waals surface area (Å²) in [7, 11) is 1.93. The number of terminal acetylenes is 1. The average molecular weight is 928 g/mol. The third-order valence-corrected chi connectivity index (χ3v) is 13.7. The van der Waals surface area contributed by atoms with Crippen LogP contribution < -0.4 is 10.6 Å². The number of hydrogen-bond donors (Lipinski definition) is 3. The van der Waals surface area contributed by atoms with Crippen LogP contribution in [0.25, 0.3) is 66.3 Å². The van der Waals surface area contributed by atoms with Crippen LogP contribution in [0.15, 0.2) is 261 Å². The molecule has 72 heavy (non-hydrogen) atoms.